The molecule has 9 heteroatoms. The maximum absolute atomic E-state index is 12.9. The molecule has 0 atom stereocenters. The van der Waals surface area contributed by atoms with Crippen molar-refractivity contribution in [2.45, 2.75) is 25.0 Å². The minimum atomic E-state index is -0.331. The molecular weight excluding hydrogens is 402 g/mol. The number of nitrogens with one attached hydrogen (secondary N) is 1. The second kappa shape index (κ2) is 8.91. The molecule has 0 aliphatic heterocycles. The largest absolute Gasteiger partial charge is 0.467 e. The molecule has 0 saturated carbocycles. The number of aryl methyl sites for hydroxylation is 1. The van der Waals surface area contributed by atoms with Crippen molar-refractivity contribution in [3.8, 4) is 0 Å². The van der Waals surface area contributed by atoms with Gasteiger partial charge in [0.15, 0.2) is 16.3 Å². The number of benzene rings is 1. The Balaban J connectivity index is 1.56. The molecule has 1 N–H and O–H groups in total. The third-order valence-electron chi connectivity index (χ3n) is 4.43. The van der Waals surface area contributed by atoms with Gasteiger partial charge in [-0.1, -0.05) is 30.8 Å². The van der Waals surface area contributed by atoms with Crippen LogP contribution >= 0.6 is 11.8 Å². The van der Waals surface area contributed by atoms with E-state index in [1.54, 1.807) is 18.4 Å². The Kier molecular flexibility index (Phi) is 5.89. The third-order valence-corrected chi connectivity index (χ3v) is 5.41. The van der Waals surface area contributed by atoms with E-state index in [2.05, 4.69) is 27.2 Å². The molecule has 4 rings (SSSR count). The van der Waals surface area contributed by atoms with E-state index in [0.717, 1.165) is 23.9 Å². The zero-order valence-electron chi connectivity index (χ0n) is 16.2. The molecule has 30 heavy (non-hydrogen) atoms. The predicted molar refractivity (Wildman–Crippen MR) is 115 cm³/mol. The maximum Gasteiger partial charge on any atom is 0.282 e. The number of amides is 1. The number of aromatic nitrogens is 4. The van der Waals surface area contributed by atoms with Crippen LogP contribution in [0.3, 0.4) is 0 Å². The summed E-state index contributed by atoms with van der Waals surface area (Å²) in [6.07, 6.45) is 5.41. The first-order chi connectivity index (χ1) is 14.6. The number of nitrogens with zero attached hydrogens (tertiary/aromatic N) is 4. The Bertz CT molecular complexity index is 1220. The summed E-state index contributed by atoms with van der Waals surface area (Å²) >= 11 is 1.16. The van der Waals surface area contributed by atoms with Gasteiger partial charge in [0, 0.05) is 18.1 Å². The summed E-state index contributed by atoms with van der Waals surface area (Å²) in [4.78, 5) is 38.0. The van der Waals surface area contributed by atoms with Crippen LogP contribution in [0, 0.1) is 0 Å². The van der Waals surface area contributed by atoms with Crippen LogP contribution in [0.25, 0.3) is 11.2 Å². The summed E-state index contributed by atoms with van der Waals surface area (Å²) in [6, 6.07) is 11.2. The number of furan rings is 1. The van der Waals surface area contributed by atoms with E-state index in [9.17, 15) is 9.59 Å². The fourth-order valence-corrected chi connectivity index (χ4v) is 3.67. The minimum Gasteiger partial charge on any atom is -0.467 e. The Morgan fingerprint density at radius 1 is 1.17 bits per heavy atom. The Hall–Kier alpha value is -3.46. The van der Waals surface area contributed by atoms with E-state index in [0.29, 0.717) is 10.9 Å². The van der Waals surface area contributed by atoms with Gasteiger partial charge in [-0.2, -0.15) is 0 Å². The van der Waals surface area contributed by atoms with Crippen molar-refractivity contribution in [3.63, 3.8) is 0 Å². The molecule has 0 saturated heterocycles. The third kappa shape index (κ3) is 4.41. The average Bonchev–Trinajstić information content (AvgIpc) is 3.28. The second-order valence-electron chi connectivity index (χ2n) is 6.48. The number of thioether (sulfide) groups is 1. The lowest BCUT2D eigenvalue weighted by Crippen LogP contribution is -2.25. The molecule has 0 unspecified atom stereocenters. The van der Waals surface area contributed by atoms with Crippen LogP contribution in [-0.2, 0) is 17.8 Å². The van der Waals surface area contributed by atoms with E-state index in [4.69, 9.17) is 4.42 Å². The first-order valence-electron chi connectivity index (χ1n) is 9.39. The average molecular weight is 421 g/mol. The summed E-state index contributed by atoms with van der Waals surface area (Å²) in [5.74, 6) is 0.498. The summed E-state index contributed by atoms with van der Waals surface area (Å²) in [7, 11) is 0. The van der Waals surface area contributed by atoms with Gasteiger partial charge in [-0.15, -0.1) is 0 Å². The molecular formula is C21H19N5O3S. The quantitative estimate of drug-likeness (QED) is 0.361. The smallest absolute Gasteiger partial charge is 0.282 e. The van der Waals surface area contributed by atoms with Crippen molar-refractivity contribution in [1.82, 2.24) is 19.5 Å². The number of carbonyl (C=O) groups is 1. The second-order valence-corrected chi connectivity index (χ2v) is 7.42. The molecule has 0 bridgehead atoms. The maximum atomic E-state index is 12.9. The van der Waals surface area contributed by atoms with E-state index >= 15 is 0 Å². The summed E-state index contributed by atoms with van der Waals surface area (Å²) < 4.78 is 6.82. The van der Waals surface area contributed by atoms with Crippen molar-refractivity contribution in [2.24, 2.45) is 0 Å². The van der Waals surface area contributed by atoms with Crippen LogP contribution in [0.4, 0.5) is 5.69 Å². The molecule has 3 aromatic heterocycles. The Labute approximate surface area is 176 Å². The van der Waals surface area contributed by atoms with Gasteiger partial charge >= 0.3 is 0 Å². The van der Waals surface area contributed by atoms with Gasteiger partial charge in [-0.3, -0.25) is 14.2 Å². The topological polar surface area (TPSA) is 103 Å². The molecule has 152 valence electrons. The highest BCUT2D eigenvalue weighted by Crippen LogP contribution is 2.18. The molecule has 0 aliphatic rings. The molecule has 4 aromatic rings. The van der Waals surface area contributed by atoms with Crippen LogP contribution in [0.1, 0.15) is 18.2 Å². The van der Waals surface area contributed by atoms with E-state index in [1.165, 1.54) is 22.5 Å². The van der Waals surface area contributed by atoms with Crippen molar-refractivity contribution >= 4 is 34.5 Å². The normalized spacial score (nSPS) is 11.0. The van der Waals surface area contributed by atoms with Crippen molar-refractivity contribution in [3.05, 3.63) is 76.7 Å². The van der Waals surface area contributed by atoms with Crippen LogP contribution in [-0.4, -0.2) is 31.2 Å². The zero-order valence-corrected chi connectivity index (χ0v) is 17.1. The van der Waals surface area contributed by atoms with Gasteiger partial charge in [0.2, 0.25) is 5.91 Å². The lowest BCUT2D eigenvalue weighted by molar-refractivity contribution is -0.113. The fraction of sp³-hybridized carbons (Fsp3) is 0.190. The van der Waals surface area contributed by atoms with Crippen molar-refractivity contribution in [2.75, 3.05) is 11.1 Å². The lowest BCUT2D eigenvalue weighted by Gasteiger charge is -2.11. The predicted octanol–water partition coefficient (Wildman–Crippen LogP) is 3.12. The zero-order chi connectivity index (χ0) is 20.9. The molecule has 1 amide bonds. The number of anilines is 1. The van der Waals surface area contributed by atoms with Gasteiger partial charge in [0.25, 0.3) is 5.56 Å². The molecule has 1 aromatic carbocycles. The molecule has 0 radical (unpaired) electrons. The van der Waals surface area contributed by atoms with Crippen LogP contribution in [0.2, 0.25) is 0 Å². The van der Waals surface area contributed by atoms with Gasteiger partial charge in [0.05, 0.1) is 18.6 Å². The van der Waals surface area contributed by atoms with Gasteiger partial charge in [-0.25, -0.2) is 15.0 Å². The monoisotopic (exact) mass is 421 g/mol. The fourth-order valence-electron chi connectivity index (χ4n) is 2.89. The highest BCUT2D eigenvalue weighted by Gasteiger charge is 2.16. The summed E-state index contributed by atoms with van der Waals surface area (Å²) in [5, 5.41) is 3.23. The van der Waals surface area contributed by atoms with E-state index < -0.39 is 0 Å². The van der Waals surface area contributed by atoms with Crippen LogP contribution < -0.4 is 10.9 Å². The number of fused-ring (bicyclic) bond motifs is 1. The summed E-state index contributed by atoms with van der Waals surface area (Å²) in [5.41, 5.74) is 2.02. The molecule has 0 aliphatic carbocycles. The van der Waals surface area contributed by atoms with Gasteiger partial charge in [-0.05, 0) is 36.2 Å². The highest BCUT2D eigenvalue weighted by atomic mass is 32.2. The molecule has 0 spiro atoms. The minimum absolute atomic E-state index is 0.0892. The van der Waals surface area contributed by atoms with Crippen molar-refractivity contribution < 1.29 is 9.21 Å². The SMILES string of the molecule is CCc1ccc(NC(=O)CSc2nc3nccnc3c(=O)n2Cc2ccco2)cc1. The molecule has 3 heterocycles. The van der Waals surface area contributed by atoms with Crippen LogP contribution in [0.5, 0.6) is 0 Å². The first kappa shape index (κ1) is 19.8. The first-order valence-corrected chi connectivity index (χ1v) is 10.4. The van der Waals surface area contributed by atoms with E-state index in [1.807, 2.05) is 24.3 Å². The number of hydrogen-bond donors (Lipinski definition) is 1. The Morgan fingerprint density at radius 3 is 2.70 bits per heavy atom. The Morgan fingerprint density at radius 2 is 1.97 bits per heavy atom. The number of hydrogen-bond acceptors (Lipinski definition) is 7. The highest BCUT2D eigenvalue weighted by molar-refractivity contribution is 7.99. The van der Waals surface area contributed by atoms with Gasteiger partial charge < -0.3 is 9.73 Å². The summed E-state index contributed by atoms with van der Waals surface area (Å²) in [6.45, 7) is 2.27. The van der Waals surface area contributed by atoms with Gasteiger partial charge in [0.1, 0.15) is 5.76 Å². The number of carbonyl (C=O) groups excluding carboxylic acids is 1. The standard InChI is InChI=1S/C21H19N5O3S/c1-2-14-5-7-15(8-6-14)24-17(27)13-30-21-25-19-18(22-9-10-23-19)20(28)26(21)12-16-4-3-11-29-16/h3-11H,2,12-13H2,1H3,(H,24,27). The van der Waals surface area contributed by atoms with E-state index in [-0.39, 0.29) is 34.9 Å². The molecule has 0 fully saturated rings. The van der Waals surface area contributed by atoms with Crippen LogP contribution in [0.15, 0.2) is 69.4 Å². The van der Waals surface area contributed by atoms with Crippen molar-refractivity contribution in [1.29, 1.82) is 0 Å². The molecule has 8 nitrogen and oxygen atoms in total. The lowest BCUT2D eigenvalue weighted by atomic mass is 10.1. The number of rotatable bonds is 7.